The summed E-state index contributed by atoms with van der Waals surface area (Å²) in [4.78, 5) is 10.7. The average molecular weight is 283 g/mol. The van der Waals surface area contributed by atoms with Crippen LogP contribution in [0, 0.1) is 5.92 Å². The maximum absolute atomic E-state index is 10.7. The zero-order chi connectivity index (χ0) is 15.2. The Morgan fingerprint density at radius 2 is 1.62 bits per heavy atom. The maximum atomic E-state index is 10.7. The predicted molar refractivity (Wildman–Crippen MR) is 84.8 cm³/mol. The molecular weight excluding hydrogens is 262 g/mol. The number of nitrogens with two attached hydrogens (primary N) is 1. The molecule has 110 valence electrons. The Kier molecular flexibility index (Phi) is 5.12. The van der Waals surface area contributed by atoms with Crippen molar-refractivity contribution in [1.29, 1.82) is 0 Å². The van der Waals surface area contributed by atoms with Crippen molar-refractivity contribution >= 4 is 5.97 Å². The van der Waals surface area contributed by atoms with Crippen molar-refractivity contribution in [2.75, 3.05) is 0 Å². The van der Waals surface area contributed by atoms with E-state index < -0.39 is 5.97 Å². The van der Waals surface area contributed by atoms with Gasteiger partial charge in [-0.1, -0.05) is 61.5 Å². The Bertz CT molecular complexity index is 578. The second-order valence-electron chi connectivity index (χ2n) is 5.53. The van der Waals surface area contributed by atoms with E-state index in [9.17, 15) is 4.79 Å². The summed E-state index contributed by atoms with van der Waals surface area (Å²) in [6.45, 7) is 1.92. The standard InChI is InChI=1S/C18H21NO2/c1-13(12-18(20)21)11-17(19)16-9-7-15(8-10-16)14-5-3-2-4-6-14/h2-10,13,17H,11-12,19H2,1H3,(H,20,21). The van der Waals surface area contributed by atoms with E-state index in [0.29, 0.717) is 6.42 Å². The highest BCUT2D eigenvalue weighted by Crippen LogP contribution is 2.24. The van der Waals surface area contributed by atoms with Crippen LogP contribution in [0.3, 0.4) is 0 Å². The SMILES string of the molecule is CC(CC(=O)O)CC(N)c1ccc(-c2ccccc2)cc1. The van der Waals surface area contributed by atoms with Gasteiger partial charge in [0.1, 0.15) is 0 Å². The first-order chi connectivity index (χ1) is 10.1. The van der Waals surface area contributed by atoms with Crippen LogP contribution in [0.5, 0.6) is 0 Å². The normalized spacial score (nSPS) is 13.6. The fraction of sp³-hybridized carbons (Fsp3) is 0.278. The molecule has 3 nitrogen and oxygen atoms in total. The maximum Gasteiger partial charge on any atom is 0.303 e. The Labute approximate surface area is 125 Å². The quantitative estimate of drug-likeness (QED) is 0.846. The molecule has 2 atom stereocenters. The van der Waals surface area contributed by atoms with Crippen LogP contribution >= 0.6 is 0 Å². The van der Waals surface area contributed by atoms with Crippen LogP contribution in [-0.2, 0) is 4.79 Å². The third-order valence-electron chi connectivity index (χ3n) is 3.63. The van der Waals surface area contributed by atoms with Crippen LogP contribution in [0.1, 0.15) is 31.4 Å². The van der Waals surface area contributed by atoms with Crippen molar-refractivity contribution in [3.05, 3.63) is 60.2 Å². The van der Waals surface area contributed by atoms with Crippen LogP contribution in [-0.4, -0.2) is 11.1 Å². The molecule has 0 bridgehead atoms. The topological polar surface area (TPSA) is 63.3 Å². The van der Waals surface area contributed by atoms with Gasteiger partial charge in [-0.25, -0.2) is 0 Å². The minimum Gasteiger partial charge on any atom is -0.481 e. The third kappa shape index (κ3) is 4.43. The van der Waals surface area contributed by atoms with Crippen molar-refractivity contribution in [2.24, 2.45) is 11.7 Å². The van der Waals surface area contributed by atoms with Gasteiger partial charge in [0.05, 0.1) is 0 Å². The van der Waals surface area contributed by atoms with Gasteiger partial charge < -0.3 is 10.8 Å². The van der Waals surface area contributed by atoms with Gasteiger partial charge >= 0.3 is 5.97 Å². The summed E-state index contributed by atoms with van der Waals surface area (Å²) in [6, 6.07) is 18.2. The van der Waals surface area contributed by atoms with E-state index in [1.165, 1.54) is 5.56 Å². The molecule has 0 aliphatic carbocycles. The molecule has 3 heteroatoms. The number of hydrogen-bond acceptors (Lipinski definition) is 2. The molecule has 0 saturated carbocycles. The van der Waals surface area contributed by atoms with Crippen LogP contribution in [0.2, 0.25) is 0 Å². The molecule has 0 radical (unpaired) electrons. The van der Waals surface area contributed by atoms with Crippen molar-refractivity contribution < 1.29 is 9.90 Å². The van der Waals surface area contributed by atoms with Gasteiger partial charge in [-0.2, -0.15) is 0 Å². The molecule has 0 heterocycles. The van der Waals surface area contributed by atoms with E-state index in [2.05, 4.69) is 24.3 Å². The summed E-state index contributed by atoms with van der Waals surface area (Å²) in [7, 11) is 0. The highest BCUT2D eigenvalue weighted by molar-refractivity contribution is 5.67. The van der Waals surface area contributed by atoms with Crippen molar-refractivity contribution in [3.63, 3.8) is 0 Å². The summed E-state index contributed by atoms with van der Waals surface area (Å²) in [6.07, 6.45) is 0.840. The number of carboxylic acids is 1. The number of benzene rings is 2. The molecule has 2 rings (SSSR count). The van der Waals surface area contributed by atoms with Crippen molar-refractivity contribution in [1.82, 2.24) is 0 Å². The Hall–Kier alpha value is -2.13. The summed E-state index contributed by atoms with van der Waals surface area (Å²) >= 11 is 0. The molecule has 0 aromatic heterocycles. The highest BCUT2D eigenvalue weighted by atomic mass is 16.4. The summed E-state index contributed by atoms with van der Waals surface area (Å²) < 4.78 is 0. The lowest BCUT2D eigenvalue weighted by Crippen LogP contribution is -2.16. The molecule has 0 aliphatic heterocycles. The average Bonchev–Trinajstić information content (AvgIpc) is 2.47. The molecule has 0 saturated heterocycles. The molecule has 0 fully saturated rings. The predicted octanol–water partition coefficient (Wildman–Crippen LogP) is 3.85. The Morgan fingerprint density at radius 1 is 1.05 bits per heavy atom. The monoisotopic (exact) mass is 283 g/mol. The molecule has 21 heavy (non-hydrogen) atoms. The minimum atomic E-state index is -0.769. The van der Waals surface area contributed by atoms with E-state index in [1.807, 2.05) is 37.3 Å². The summed E-state index contributed by atoms with van der Waals surface area (Å²) in [5, 5.41) is 8.79. The highest BCUT2D eigenvalue weighted by Gasteiger charge is 2.14. The minimum absolute atomic E-state index is 0.0753. The molecule has 0 aliphatic rings. The van der Waals surface area contributed by atoms with Gasteiger partial charge in [0.25, 0.3) is 0 Å². The molecule has 2 aromatic carbocycles. The fourth-order valence-electron chi connectivity index (χ4n) is 2.50. The van der Waals surface area contributed by atoms with E-state index in [-0.39, 0.29) is 18.4 Å². The Morgan fingerprint density at radius 3 is 2.19 bits per heavy atom. The fourth-order valence-corrected chi connectivity index (χ4v) is 2.50. The lowest BCUT2D eigenvalue weighted by atomic mass is 9.93. The smallest absolute Gasteiger partial charge is 0.303 e. The number of carboxylic acid groups (broad SMARTS) is 1. The van der Waals surface area contributed by atoms with Gasteiger partial charge in [0.15, 0.2) is 0 Å². The lowest BCUT2D eigenvalue weighted by molar-refractivity contribution is -0.138. The summed E-state index contributed by atoms with van der Waals surface area (Å²) in [5.41, 5.74) is 9.55. The van der Waals surface area contributed by atoms with Gasteiger partial charge in [0.2, 0.25) is 0 Å². The molecule has 2 unspecified atom stereocenters. The first-order valence-corrected chi connectivity index (χ1v) is 7.19. The van der Waals surface area contributed by atoms with Gasteiger partial charge in [-0.3, -0.25) is 4.79 Å². The van der Waals surface area contributed by atoms with E-state index in [0.717, 1.165) is 11.1 Å². The number of rotatable bonds is 6. The van der Waals surface area contributed by atoms with Gasteiger partial charge in [0, 0.05) is 12.5 Å². The Balaban J connectivity index is 2.03. The summed E-state index contributed by atoms with van der Waals surface area (Å²) in [5.74, 6) is -0.694. The zero-order valence-electron chi connectivity index (χ0n) is 12.2. The van der Waals surface area contributed by atoms with Crippen LogP contribution in [0.15, 0.2) is 54.6 Å². The molecule has 3 N–H and O–H groups in total. The van der Waals surface area contributed by atoms with Crippen LogP contribution in [0.4, 0.5) is 0 Å². The molecule has 0 amide bonds. The second kappa shape index (κ2) is 7.04. The number of hydrogen-bond donors (Lipinski definition) is 2. The van der Waals surface area contributed by atoms with Crippen LogP contribution in [0.25, 0.3) is 11.1 Å². The molecular formula is C18H21NO2. The van der Waals surface area contributed by atoms with Crippen molar-refractivity contribution in [3.8, 4) is 11.1 Å². The van der Waals surface area contributed by atoms with E-state index >= 15 is 0 Å². The van der Waals surface area contributed by atoms with Gasteiger partial charge in [-0.05, 0) is 29.0 Å². The van der Waals surface area contributed by atoms with Gasteiger partial charge in [-0.15, -0.1) is 0 Å². The number of aliphatic carboxylic acids is 1. The van der Waals surface area contributed by atoms with E-state index in [1.54, 1.807) is 0 Å². The molecule has 0 spiro atoms. The zero-order valence-corrected chi connectivity index (χ0v) is 12.2. The molecule has 2 aromatic rings. The first kappa shape index (κ1) is 15.3. The number of carbonyl (C=O) groups is 1. The first-order valence-electron chi connectivity index (χ1n) is 7.19. The largest absolute Gasteiger partial charge is 0.481 e. The second-order valence-corrected chi connectivity index (χ2v) is 5.53. The van der Waals surface area contributed by atoms with Crippen LogP contribution < -0.4 is 5.73 Å². The third-order valence-corrected chi connectivity index (χ3v) is 3.63. The van der Waals surface area contributed by atoms with Crippen molar-refractivity contribution in [2.45, 2.75) is 25.8 Å². The van der Waals surface area contributed by atoms with E-state index in [4.69, 9.17) is 10.8 Å². The lowest BCUT2D eigenvalue weighted by Gasteiger charge is -2.16.